The molecule has 1 aliphatic rings. The average Bonchev–Trinajstić information content (AvgIpc) is 3.38. The van der Waals surface area contributed by atoms with Crippen LogP contribution in [0.25, 0.3) is 16.4 Å². The quantitative estimate of drug-likeness (QED) is 0.664. The van der Waals surface area contributed by atoms with Crippen LogP contribution in [0.15, 0.2) is 41.8 Å². The maximum absolute atomic E-state index is 13.3. The number of carbonyl (C=O) groups excluding carboxylic acids is 1. The van der Waals surface area contributed by atoms with E-state index in [-0.39, 0.29) is 30.0 Å². The summed E-state index contributed by atoms with van der Waals surface area (Å²) in [6.07, 6.45) is 2.09. The summed E-state index contributed by atoms with van der Waals surface area (Å²) in [6.45, 7) is 2.32. The van der Waals surface area contributed by atoms with Crippen LogP contribution in [0.1, 0.15) is 23.5 Å². The molecule has 1 saturated heterocycles. The number of nitrogens with one attached hydrogen (secondary N) is 1. The highest BCUT2D eigenvalue weighted by atomic mass is 35.5. The van der Waals surface area contributed by atoms with Crippen LogP contribution >= 0.6 is 23.7 Å². The van der Waals surface area contributed by atoms with Gasteiger partial charge in [0.1, 0.15) is 5.82 Å². The number of carbonyl (C=O) groups is 1. The molecular formula is C20H23ClFN5OS. The first kappa shape index (κ1) is 21.4. The minimum atomic E-state index is -0.318. The number of hydrogen-bond acceptors (Lipinski definition) is 5. The summed E-state index contributed by atoms with van der Waals surface area (Å²) in [5.74, 6) is 0.742. The average molecular weight is 436 g/mol. The largest absolute Gasteiger partial charge is 0.336 e. The van der Waals surface area contributed by atoms with Crippen LogP contribution in [0.3, 0.4) is 0 Å². The van der Waals surface area contributed by atoms with Crippen molar-refractivity contribution in [1.29, 1.82) is 0 Å². The summed E-state index contributed by atoms with van der Waals surface area (Å²) in [5.41, 5.74) is 0.669. The molecule has 29 heavy (non-hydrogen) atoms. The smallest absolute Gasteiger partial charge is 0.293 e. The molecule has 1 atom stereocenters. The van der Waals surface area contributed by atoms with Gasteiger partial charge >= 0.3 is 0 Å². The first-order chi connectivity index (χ1) is 13.7. The van der Waals surface area contributed by atoms with Crippen molar-refractivity contribution in [2.45, 2.75) is 12.8 Å². The fraction of sp³-hybridized carbons (Fsp3) is 0.350. The topological polar surface area (TPSA) is 63.1 Å². The van der Waals surface area contributed by atoms with Crippen LogP contribution < -0.4 is 5.32 Å². The Morgan fingerprint density at radius 2 is 2.10 bits per heavy atom. The number of nitrogens with zero attached hydrogens (tertiary/aromatic N) is 4. The number of halogens is 2. The SMILES string of the molecule is CNCC1CCCN(C(=O)c2nc(-c3cccs3)n(-c3ccc(F)cc3)n2)C1.Cl. The number of piperidine rings is 1. The maximum atomic E-state index is 13.3. The Balaban J connectivity index is 0.00000240. The first-order valence-corrected chi connectivity index (χ1v) is 10.2. The maximum Gasteiger partial charge on any atom is 0.293 e. The van der Waals surface area contributed by atoms with E-state index in [1.54, 1.807) is 16.8 Å². The molecule has 0 bridgehead atoms. The van der Waals surface area contributed by atoms with Crippen LogP contribution in [0.5, 0.6) is 0 Å². The van der Waals surface area contributed by atoms with Gasteiger partial charge in [-0.25, -0.2) is 14.1 Å². The van der Waals surface area contributed by atoms with Gasteiger partial charge in [-0.05, 0) is 68.1 Å². The lowest BCUT2D eigenvalue weighted by molar-refractivity contribution is 0.0662. The summed E-state index contributed by atoms with van der Waals surface area (Å²) in [4.78, 5) is 20.4. The van der Waals surface area contributed by atoms with Crippen molar-refractivity contribution in [2.75, 3.05) is 26.7 Å². The summed E-state index contributed by atoms with van der Waals surface area (Å²) in [7, 11) is 1.93. The summed E-state index contributed by atoms with van der Waals surface area (Å²) >= 11 is 1.53. The van der Waals surface area contributed by atoms with Gasteiger partial charge in [-0.15, -0.1) is 28.8 Å². The molecule has 1 unspecified atom stereocenters. The number of likely N-dealkylation sites (tertiary alicyclic amines) is 1. The number of hydrogen-bond donors (Lipinski definition) is 1. The Bertz CT molecular complexity index is 942. The van der Waals surface area contributed by atoms with E-state index >= 15 is 0 Å². The van der Waals surface area contributed by atoms with Crippen molar-refractivity contribution >= 4 is 29.7 Å². The molecule has 0 spiro atoms. The molecule has 0 radical (unpaired) electrons. The molecule has 154 valence electrons. The van der Waals surface area contributed by atoms with Crippen LogP contribution in [0.4, 0.5) is 4.39 Å². The molecule has 0 aliphatic carbocycles. The van der Waals surface area contributed by atoms with Crippen molar-refractivity contribution in [1.82, 2.24) is 25.0 Å². The minimum absolute atomic E-state index is 0. The van der Waals surface area contributed by atoms with E-state index in [4.69, 9.17) is 0 Å². The molecule has 2 aromatic heterocycles. The summed E-state index contributed by atoms with van der Waals surface area (Å²) in [5, 5.41) is 9.64. The van der Waals surface area contributed by atoms with E-state index in [0.717, 1.165) is 30.8 Å². The monoisotopic (exact) mass is 435 g/mol. The van der Waals surface area contributed by atoms with E-state index in [2.05, 4.69) is 15.4 Å². The third-order valence-electron chi connectivity index (χ3n) is 4.91. The number of thiophene rings is 1. The van der Waals surface area contributed by atoms with Gasteiger partial charge in [-0.1, -0.05) is 6.07 Å². The number of amides is 1. The molecule has 1 aromatic carbocycles. The van der Waals surface area contributed by atoms with Gasteiger partial charge in [0, 0.05) is 13.1 Å². The van der Waals surface area contributed by atoms with E-state index in [1.165, 1.54) is 23.5 Å². The predicted octanol–water partition coefficient (Wildman–Crippen LogP) is 3.63. The molecule has 6 nitrogen and oxygen atoms in total. The molecule has 0 saturated carbocycles. The van der Waals surface area contributed by atoms with E-state index in [0.29, 0.717) is 24.0 Å². The van der Waals surface area contributed by atoms with Crippen LogP contribution in [0.2, 0.25) is 0 Å². The Morgan fingerprint density at radius 1 is 1.31 bits per heavy atom. The van der Waals surface area contributed by atoms with E-state index in [9.17, 15) is 9.18 Å². The predicted molar refractivity (Wildman–Crippen MR) is 114 cm³/mol. The molecule has 4 rings (SSSR count). The van der Waals surface area contributed by atoms with Gasteiger partial charge in [0.15, 0.2) is 5.82 Å². The Kier molecular flexibility index (Phi) is 7.00. The fourth-order valence-corrected chi connectivity index (χ4v) is 4.27. The molecule has 3 aromatic rings. The number of aromatic nitrogens is 3. The standard InChI is InChI=1S/C20H22FN5OS.ClH/c1-22-12-14-4-2-10-25(13-14)20(27)18-23-19(17-5-3-11-28-17)26(24-18)16-8-6-15(21)7-9-16;/h3,5-9,11,14,22H,2,4,10,12-13H2,1H3;1H. The second kappa shape index (κ2) is 9.47. The molecule has 1 aliphatic heterocycles. The highest BCUT2D eigenvalue weighted by Crippen LogP contribution is 2.26. The van der Waals surface area contributed by atoms with Gasteiger partial charge in [0.05, 0.1) is 10.6 Å². The van der Waals surface area contributed by atoms with E-state index < -0.39 is 0 Å². The highest BCUT2D eigenvalue weighted by molar-refractivity contribution is 7.13. The first-order valence-electron chi connectivity index (χ1n) is 9.36. The van der Waals surface area contributed by atoms with Gasteiger partial charge in [-0.3, -0.25) is 4.79 Å². The van der Waals surface area contributed by atoms with Crippen LogP contribution in [0, 0.1) is 11.7 Å². The minimum Gasteiger partial charge on any atom is -0.336 e. The summed E-state index contributed by atoms with van der Waals surface area (Å²) in [6, 6.07) is 9.90. The van der Waals surface area contributed by atoms with Crippen molar-refractivity contribution in [3.05, 3.63) is 53.4 Å². The van der Waals surface area contributed by atoms with E-state index in [1.807, 2.05) is 29.5 Å². The number of rotatable bonds is 5. The van der Waals surface area contributed by atoms with Crippen molar-refractivity contribution in [3.8, 4) is 16.4 Å². The van der Waals surface area contributed by atoms with Gasteiger partial charge < -0.3 is 10.2 Å². The second-order valence-corrected chi connectivity index (χ2v) is 7.89. The zero-order chi connectivity index (χ0) is 19.5. The zero-order valence-corrected chi connectivity index (χ0v) is 17.7. The van der Waals surface area contributed by atoms with Crippen molar-refractivity contribution in [2.24, 2.45) is 5.92 Å². The third kappa shape index (κ3) is 4.66. The molecule has 9 heteroatoms. The lowest BCUT2D eigenvalue weighted by Crippen LogP contribution is -2.42. The number of benzene rings is 1. The van der Waals surface area contributed by atoms with Gasteiger partial charge in [-0.2, -0.15) is 0 Å². The Labute approximate surface area is 179 Å². The summed E-state index contributed by atoms with van der Waals surface area (Å²) < 4.78 is 15.0. The van der Waals surface area contributed by atoms with Crippen LogP contribution in [-0.4, -0.2) is 52.3 Å². The Hall–Kier alpha value is -2.29. The normalized spacial score (nSPS) is 16.5. The van der Waals surface area contributed by atoms with Crippen molar-refractivity contribution < 1.29 is 9.18 Å². The Morgan fingerprint density at radius 3 is 2.79 bits per heavy atom. The highest BCUT2D eigenvalue weighted by Gasteiger charge is 2.28. The van der Waals surface area contributed by atoms with Gasteiger partial charge in [0.2, 0.25) is 5.82 Å². The van der Waals surface area contributed by atoms with Gasteiger partial charge in [0.25, 0.3) is 5.91 Å². The van der Waals surface area contributed by atoms with Crippen molar-refractivity contribution in [3.63, 3.8) is 0 Å². The molecule has 1 fully saturated rings. The lowest BCUT2D eigenvalue weighted by atomic mass is 9.98. The fourth-order valence-electron chi connectivity index (χ4n) is 3.58. The third-order valence-corrected chi connectivity index (χ3v) is 5.78. The molecule has 1 amide bonds. The molecular weight excluding hydrogens is 413 g/mol. The zero-order valence-electron chi connectivity index (χ0n) is 16.0. The lowest BCUT2D eigenvalue weighted by Gasteiger charge is -2.31. The molecule has 1 N–H and O–H groups in total. The second-order valence-electron chi connectivity index (χ2n) is 6.94. The van der Waals surface area contributed by atoms with Crippen LogP contribution in [-0.2, 0) is 0 Å². The molecule has 3 heterocycles.